The summed E-state index contributed by atoms with van der Waals surface area (Å²) >= 11 is 7.75. The van der Waals surface area contributed by atoms with Crippen molar-refractivity contribution < 1.29 is 9.53 Å². The minimum atomic E-state index is -0.0948. The quantitative estimate of drug-likeness (QED) is 0.860. The highest BCUT2D eigenvalue weighted by Gasteiger charge is 2.18. The minimum Gasteiger partial charge on any atom is -0.490 e. The van der Waals surface area contributed by atoms with Gasteiger partial charge in [-0.3, -0.25) is 4.79 Å². The van der Waals surface area contributed by atoms with Crippen molar-refractivity contribution in [2.45, 2.75) is 32.6 Å². The number of carbonyl (C=O) groups excluding carboxylic acids is 1. The summed E-state index contributed by atoms with van der Waals surface area (Å²) in [5, 5.41) is 3.43. The van der Waals surface area contributed by atoms with E-state index in [1.54, 1.807) is 23.5 Å². The molecule has 116 valence electrons. The van der Waals surface area contributed by atoms with Crippen LogP contribution in [-0.4, -0.2) is 12.5 Å². The molecule has 0 saturated carbocycles. The highest BCUT2D eigenvalue weighted by molar-refractivity contribution is 7.14. The number of para-hydroxylation sites is 1. The smallest absolute Gasteiger partial charge is 0.265 e. The Kier molecular flexibility index (Phi) is 4.69. The molecule has 2 aromatic rings. The van der Waals surface area contributed by atoms with Gasteiger partial charge in [0.25, 0.3) is 5.91 Å². The number of rotatable bonds is 4. The zero-order chi connectivity index (χ0) is 15.5. The van der Waals surface area contributed by atoms with Gasteiger partial charge in [0.1, 0.15) is 0 Å². The summed E-state index contributed by atoms with van der Waals surface area (Å²) in [6.07, 6.45) is 4.61. The first-order chi connectivity index (χ1) is 10.7. The molecule has 1 N–H and O–H groups in total. The average molecular weight is 336 g/mol. The van der Waals surface area contributed by atoms with Gasteiger partial charge in [0, 0.05) is 4.88 Å². The second-order valence-corrected chi connectivity index (χ2v) is 6.81. The molecule has 22 heavy (non-hydrogen) atoms. The lowest BCUT2D eigenvalue weighted by molar-refractivity contribution is 0.103. The minimum absolute atomic E-state index is 0.0948. The number of hydrogen-bond donors (Lipinski definition) is 1. The van der Waals surface area contributed by atoms with Crippen molar-refractivity contribution in [2.75, 3.05) is 11.9 Å². The van der Waals surface area contributed by atoms with Gasteiger partial charge in [0.15, 0.2) is 5.75 Å². The number of carbonyl (C=O) groups is 1. The Bertz CT molecular complexity index is 672. The number of ether oxygens (including phenoxy) is 1. The van der Waals surface area contributed by atoms with Crippen molar-refractivity contribution in [3.05, 3.63) is 44.6 Å². The largest absolute Gasteiger partial charge is 0.490 e. The first-order valence-electron chi connectivity index (χ1n) is 7.53. The van der Waals surface area contributed by atoms with Crippen LogP contribution in [-0.2, 0) is 12.8 Å². The van der Waals surface area contributed by atoms with E-state index >= 15 is 0 Å². The molecule has 0 atom stereocenters. The van der Waals surface area contributed by atoms with E-state index in [0.29, 0.717) is 23.1 Å². The fourth-order valence-electron chi connectivity index (χ4n) is 2.68. The lowest BCUT2D eigenvalue weighted by Crippen LogP contribution is -2.11. The topological polar surface area (TPSA) is 38.3 Å². The summed E-state index contributed by atoms with van der Waals surface area (Å²) in [6.45, 7) is 2.39. The summed E-state index contributed by atoms with van der Waals surface area (Å²) in [5.41, 5.74) is 1.95. The van der Waals surface area contributed by atoms with Gasteiger partial charge < -0.3 is 10.1 Å². The first kappa shape index (κ1) is 15.4. The van der Waals surface area contributed by atoms with Crippen LogP contribution in [0, 0.1) is 0 Å². The van der Waals surface area contributed by atoms with Gasteiger partial charge in [-0.05, 0) is 56.4 Å². The summed E-state index contributed by atoms with van der Waals surface area (Å²) in [6, 6.07) is 7.40. The van der Waals surface area contributed by atoms with E-state index in [4.69, 9.17) is 16.3 Å². The highest BCUT2D eigenvalue weighted by Crippen LogP contribution is 2.34. The predicted molar refractivity (Wildman–Crippen MR) is 91.5 cm³/mol. The molecule has 0 aliphatic heterocycles. The maximum atomic E-state index is 12.5. The van der Waals surface area contributed by atoms with E-state index in [1.807, 2.05) is 19.1 Å². The predicted octanol–water partition coefficient (Wildman–Crippen LogP) is 4.93. The molecule has 0 saturated heterocycles. The molecular weight excluding hydrogens is 318 g/mol. The molecule has 0 radical (unpaired) electrons. The Morgan fingerprint density at radius 1 is 1.36 bits per heavy atom. The van der Waals surface area contributed by atoms with Crippen molar-refractivity contribution in [3.63, 3.8) is 0 Å². The molecule has 1 amide bonds. The molecule has 5 heteroatoms. The lowest BCUT2D eigenvalue weighted by atomic mass is 9.99. The van der Waals surface area contributed by atoms with Crippen LogP contribution >= 0.6 is 22.9 Å². The third kappa shape index (κ3) is 3.13. The SMILES string of the molecule is CCOc1c(Cl)cccc1NC(=O)c1cc2c(s1)CCCC2. The summed E-state index contributed by atoms with van der Waals surface area (Å²) in [5.74, 6) is 0.434. The standard InChI is InChI=1S/C17H18ClNO2S/c1-2-21-16-12(18)7-5-8-13(16)19-17(20)15-10-11-6-3-4-9-14(11)22-15/h5,7-8,10H,2-4,6,9H2,1H3,(H,19,20). The lowest BCUT2D eigenvalue weighted by Gasteiger charge is -2.12. The monoisotopic (exact) mass is 335 g/mol. The third-order valence-corrected chi connectivity index (χ3v) is 5.26. The second kappa shape index (κ2) is 6.71. The maximum absolute atomic E-state index is 12.5. The van der Waals surface area contributed by atoms with E-state index < -0.39 is 0 Å². The van der Waals surface area contributed by atoms with Gasteiger partial charge in [0.05, 0.1) is 22.2 Å². The number of hydrogen-bond acceptors (Lipinski definition) is 3. The van der Waals surface area contributed by atoms with Crippen molar-refractivity contribution in [1.82, 2.24) is 0 Å². The van der Waals surface area contributed by atoms with Gasteiger partial charge in [-0.15, -0.1) is 11.3 Å². The van der Waals surface area contributed by atoms with Crippen LogP contribution in [0.5, 0.6) is 5.75 Å². The number of amides is 1. The number of benzene rings is 1. The van der Waals surface area contributed by atoms with Gasteiger partial charge in [-0.25, -0.2) is 0 Å². The fourth-order valence-corrected chi connectivity index (χ4v) is 4.06. The molecule has 1 aromatic carbocycles. The van der Waals surface area contributed by atoms with E-state index in [2.05, 4.69) is 5.32 Å². The number of fused-ring (bicyclic) bond motifs is 1. The van der Waals surface area contributed by atoms with Crippen molar-refractivity contribution >= 4 is 34.5 Å². The molecular formula is C17H18ClNO2S. The molecule has 3 nitrogen and oxygen atoms in total. The number of anilines is 1. The van der Waals surface area contributed by atoms with Crippen molar-refractivity contribution in [2.24, 2.45) is 0 Å². The van der Waals surface area contributed by atoms with Crippen LogP contribution in [0.3, 0.4) is 0 Å². The average Bonchev–Trinajstić information content (AvgIpc) is 2.95. The zero-order valence-corrected chi connectivity index (χ0v) is 14.0. The normalized spacial score (nSPS) is 13.5. The fraction of sp³-hybridized carbons (Fsp3) is 0.353. The van der Waals surface area contributed by atoms with Crippen molar-refractivity contribution in [1.29, 1.82) is 0 Å². The molecule has 0 fully saturated rings. The van der Waals surface area contributed by atoms with Gasteiger partial charge in [-0.1, -0.05) is 17.7 Å². The first-order valence-corrected chi connectivity index (χ1v) is 8.72. The Balaban J connectivity index is 1.82. The molecule has 0 unspecified atom stereocenters. The van der Waals surface area contributed by atoms with Crippen LogP contribution in [0.15, 0.2) is 24.3 Å². The number of halogens is 1. The molecule has 1 aliphatic carbocycles. The summed E-state index contributed by atoms with van der Waals surface area (Å²) < 4.78 is 5.54. The van der Waals surface area contributed by atoms with Gasteiger partial charge >= 0.3 is 0 Å². The third-order valence-electron chi connectivity index (χ3n) is 3.72. The van der Waals surface area contributed by atoms with E-state index in [1.165, 1.54) is 23.3 Å². The van der Waals surface area contributed by atoms with E-state index in [0.717, 1.165) is 17.7 Å². The van der Waals surface area contributed by atoms with E-state index in [9.17, 15) is 4.79 Å². The molecule has 1 heterocycles. The molecule has 1 aromatic heterocycles. The van der Waals surface area contributed by atoms with Gasteiger partial charge in [-0.2, -0.15) is 0 Å². The Hall–Kier alpha value is -1.52. The Morgan fingerprint density at radius 3 is 2.95 bits per heavy atom. The highest BCUT2D eigenvalue weighted by atomic mass is 35.5. The summed E-state index contributed by atoms with van der Waals surface area (Å²) in [4.78, 5) is 14.6. The number of thiophene rings is 1. The maximum Gasteiger partial charge on any atom is 0.265 e. The molecule has 0 spiro atoms. The van der Waals surface area contributed by atoms with Gasteiger partial charge in [0.2, 0.25) is 0 Å². The number of aryl methyl sites for hydroxylation is 2. The summed E-state index contributed by atoms with van der Waals surface area (Å²) in [7, 11) is 0. The molecule has 1 aliphatic rings. The second-order valence-electron chi connectivity index (χ2n) is 5.27. The Morgan fingerprint density at radius 2 is 2.18 bits per heavy atom. The van der Waals surface area contributed by atoms with E-state index in [-0.39, 0.29) is 5.91 Å². The number of nitrogens with one attached hydrogen (secondary N) is 1. The zero-order valence-electron chi connectivity index (χ0n) is 12.4. The molecule has 0 bridgehead atoms. The van der Waals surface area contributed by atoms with Crippen LogP contribution < -0.4 is 10.1 Å². The Labute approximate surface area is 139 Å². The van der Waals surface area contributed by atoms with Crippen LogP contribution in [0.25, 0.3) is 0 Å². The molecule has 3 rings (SSSR count). The van der Waals surface area contributed by atoms with Crippen LogP contribution in [0.4, 0.5) is 5.69 Å². The van der Waals surface area contributed by atoms with Crippen LogP contribution in [0.1, 0.15) is 39.9 Å². The van der Waals surface area contributed by atoms with Crippen molar-refractivity contribution in [3.8, 4) is 5.75 Å². The van der Waals surface area contributed by atoms with Crippen LogP contribution in [0.2, 0.25) is 5.02 Å².